The summed E-state index contributed by atoms with van der Waals surface area (Å²) >= 11 is 6.20. The molecule has 1 aromatic rings. The first-order chi connectivity index (χ1) is 10.0. The maximum atomic E-state index is 6.20. The van der Waals surface area contributed by atoms with E-state index in [0.29, 0.717) is 22.3 Å². The van der Waals surface area contributed by atoms with Gasteiger partial charge < -0.3 is 11.1 Å². The van der Waals surface area contributed by atoms with E-state index in [0.717, 1.165) is 17.8 Å². The summed E-state index contributed by atoms with van der Waals surface area (Å²) in [5, 5.41) is 4.10. The molecule has 0 saturated heterocycles. The second-order valence-electron chi connectivity index (χ2n) is 7.57. The molecule has 4 fully saturated rings. The van der Waals surface area contributed by atoms with Gasteiger partial charge in [0, 0.05) is 6.04 Å². The minimum atomic E-state index is 0.277. The Morgan fingerprint density at radius 1 is 1.24 bits per heavy atom. The molecule has 0 aromatic carbocycles. The zero-order chi connectivity index (χ0) is 14.6. The number of nitrogens with zero attached hydrogens (tertiary/aromatic N) is 2. The van der Waals surface area contributed by atoms with Crippen LogP contribution in [0.5, 0.6) is 0 Å². The van der Waals surface area contributed by atoms with Gasteiger partial charge in [0.25, 0.3) is 0 Å². The van der Waals surface area contributed by atoms with Crippen LogP contribution in [0.15, 0.2) is 6.20 Å². The van der Waals surface area contributed by atoms with Crippen LogP contribution in [0, 0.1) is 23.2 Å². The fourth-order valence-corrected chi connectivity index (χ4v) is 5.69. The van der Waals surface area contributed by atoms with Crippen LogP contribution < -0.4 is 11.1 Å². The van der Waals surface area contributed by atoms with Gasteiger partial charge in [-0.2, -0.15) is 4.98 Å². The van der Waals surface area contributed by atoms with E-state index in [4.69, 9.17) is 17.3 Å². The predicted octanol–water partition coefficient (Wildman–Crippen LogP) is 3.73. The van der Waals surface area contributed by atoms with E-state index >= 15 is 0 Å². The first-order valence-electron chi connectivity index (χ1n) is 8.08. The Labute approximate surface area is 130 Å². The number of nitrogens with two attached hydrogens (primary N) is 1. The number of hydrogen-bond acceptors (Lipinski definition) is 4. The monoisotopic (exact) mass is 306 g/mol. The molecule has 114 valence electrons. The van der Waals surface area contributed by atoms with Gasteiger partial charge in [-0.3, -0.25) is 0 Å². The van der Waals surface area contributed by atoms with Gasteiger partial charge in [-0.1, -0.05) is 11.6 Å². The van der Waals surface area contributed by atoms with E-state index in [9.17, 15) is 0 Å². The highest BCUT2D eigenvalue weighted by Crippen LogP contribution is 2.61. The number of nitrogen functional groups attached to an aromatic ring is 1. The SMILES string of the molecule is CC(Nc1nc(N)ncc1Cl)C12CC3CC(CC(C3)C1)C2. The summed E-state index contributed by atoms with van der Waals surface area (Å²) in [7, 11) is 0. The lowest BCUT2D eigenvalue weighted by atomic mass is 9.48. The molecule has 21 heavy (non-hydrogen) atoms. The molecule has 3 N–H and O–H groups in total. The number of halogens is 1. The van der Waals surface area contributed by atoms with Crippen molar-refractivity contribution in [1.82, 2.24) is 9.97 Å². The average molecular weight is 307 g/mol. The van der Waals surface area contributed by atoms with Crippen LogP contribution in [-0.2, 0) is 0 Å². The lowest BCUT2D eigenvalue weighted by molar-refractivity contribution is -0.0603. The van der Waals surface area contributed by atoms with Crippen molar-refractivity contribution in [3.05, 3.63) is 11.2 Å². The van der Waals surface area contributed by atoms with E-state index in [1.807, 2.05) is 0 Å². The van der Waals surface area contributed by atoms with E-state index in [1.165, 1.54) is 38.5 Å². The summed E-state index contributed by atoms with van der Waals surface area (Å²) in [4.78, 5) is 8.20. The summed E-state index contributed by atoms with van der Waals surface area (Å²) < 4.78 is 0. The van der Waals surface area contributed by atoms with Crippen molar-refractivity contribution in [2.45, 2.75) is 51.5 Å². The summed E-state index contributed by atoms with van der Waals surface area (Å²) in [6.07, 6.45) is 10.1. The minimum absolute atomic E-state index is 0.277. The van der Waals surface area contributed by atoms with Crippen molar-refractivity contribution in [2.24, 2.45) is 23.2 Å². The molecule has 0 radical (unpaired) electrons. The third-order valence-corrected chi connectivity index (χ3v) is 6.40. The Hall–Kier alpha value is -1.03. The quantitative estimate of drug-likeness (QED) is 0.893. The topological polar surface area (TPSA) is 63.8 Å². The van der Waals surface area contributed by atoms with Crippen LogP contribution in [-0.4, -0.2) is 16.0 Å². The van der Waals surface area contributed by atoms with Crippen LogP contribution in [0.3, 0.4) is 0 Å². The van der Waals surface area contributed by atoms with Gasteiger partial charge in [-0.25, -0.2) is 4.98 Å². The van der Waals surface area contributed by atoms with Gasteiger partial charge in [0.15, 0.2) is 5.82 Å². The van der Waals surface area contributed by atoms with Crippen LogP contribution in [0.2, 0.25) is 5.02 Å². The molecule has 5 rings (SSSR count). The number of rotatable bonds is 3. The molecule has 1 heterocycles. The molecular formula is C16H23ClN4. The molecule has 0 spiro atoms. The Kier molecular flexibility index (Phi) is 3.07. The van der Waals surface area contributed by atoms with Gasteiger partial charge in [-0.05, 0) is 68.6 Å². The second-order valence-corrected chi connectivity index (χ2v) is 7.98. The molecule has 4 saturated carbocycles. The minimum Gasteiger partial charge on any atom is -0.368 e. The van der Waals surface area contributed by atoms with Gasteiger partial charge in [0.2, 0.25) is 5.95 Å². The fraction of sp³-hybridized carbons (Fsp3) is 0.750. The lowest BCUT2D eigenvalue weighted by Crippen LogP contribution is -2.53. The third-order valence-electron chi connectivity index (χ3n) is 6.12. The van der Waals surface area contributed by atoms with Gasteiger partial charge in [0.05, 0.1) is 6.20 Å². The van der Waals surface area contributed by atoms with Crippen LogP contribution >= 0.6 is 11.6 Å². The van der Waals surface area contributed by atoms with Crippen molar-refractivity contribution in [1.29, 1.82) is 0 Å². The number of aromatic nitrogens is 2. The maximum absolute atomic E-state index is 6.20. The summed E-state index contributed by atoms with van der Waals surface area (Å²) in [6.45, 7) is 2.29. The summed E-state index contributed by atoms with van der Waals surface area (Å²) in [5.41, 5.74) is 6.12. The van der Waals surface area contributed by atoms with Crippen molar-refractivity contribution in [2.75, 3.05) is 11.1 Å². The standard InChI is InChI=1S/C16H23ClN4/c1-9(20-14-13(17)8-19-15(18)21-14)16-5-10-2-11(6-16)4-12(3-10)7-16/h8-12H,2-7H2,1H3,(H3,18,19,20,21). The second kappa shape index (κ2) is 4.73. The molecule has 4 aliphatic carbocycles. The number of nitrogens with one attached hydrogen (secondary N) is 1. The molecule has 5 heteroatoms. The molecular weight excluding hydrogens is 284 g/mol. The third kappa shape index (κ3) is 2.28. The van der Waals surface area contributed by atoms with Gasteiger partial charge in [0.1, 0.15) is 5.02 Å². The van der Waals surface area contributed by atoms with Crippen molar-refractivity contribution in [3.8, 4) is 0 Å². The predicted molar refractivity (Wildman–Crippen MR) is 85.1 cm³/mol. The van der Waals surface area contributed by atoms with Crippen molar-refractivity contribution >= 4 is 23.4 Å². The molecule has 1 atom stereocenters. The summed E-state index contributed by atoms with van der Waals surface area (Å²) in [6, 6.07) is 0.387. The molecule has 4 bridgehead atoms. The van der Waals surface area contributed by atoms with E-state index in [1.54, 1.807) is 6.20 Å². The molecule has 4 nitrogen and oxygen atoms in total. The highest BCUT2D eigenvalue weighted by atomic mass is 35.5. The highest BCUT2D eigenvalue weighted by molar-refractivity contribution is 6.32. The molecule has 1 unspecified atom stereocenters. The smallest absolute Gasteiger partial charge is 0.222 e. The van der Waals surface area contributed by atoms with Gasteiger partial charge in [-0.15, -0.1) is 0 Å². The zero-order valence-corrected chi connectivity index (χ0v) is 13.2. The van der Waals surface area contributed by atoms with E-state index in [-0.39, 0.29) is 5.95 Å². The van der Waals surface area contributed by atoms with Crippen molar-refractivity contribution in [3.63, 3.8) is 0 Å². The van der Waals surface area contributed by atoms with Crippen LogP contribution in [0.25, 0.3) is 0 Å². The first-order valence-corrected chi connectivity index (χ1v) is 8.46. The Balaban J connectivity index is 1.57. The number of anilines is 2. The average Bonchev–Trinajstić information content (AvgIpc) is 2.41. The molecule has 0 aliphatic heterocycles. The Bertz CT molecular complexity index is 524. The maximum Gasteiger partial charge on any atom is 0.222 e. The zero-order valence-electron chi connectivity index (χ0n) is 12.5. The van der Waals surface area contributed by atoms with Crippen molar-refractivity contribution < 1.29 is 0 Å². The highest BCUT2D eigenvalue weighted by Gasteiger charge is 2.53. The largest absolute Gasteiger partial charge is 0.368 e. The summed E-state index contributed by atoms with van der Waals surface area (Å²) in [5.74, 6) is 3.82. The molecule has 1 aromatic heterocycles. The van der Waals surface area contributed by atoms with Gasteiger partial charge >= 0.3 is 0 Å². The van der Waals surface area contributed by atoms with Crippen LogP contribution in [0.1, 0.15) is 45.4 Å². The van der Waals surface area contributed by atoms with E-state index < -0.39 is 0 Å². The Morgan fingerprint density at radius 3 is 2.38 bits per heavy atom. The Morgan fingerprint density at radius 2 is 1.81 bits per heavy atom. The normalized spacial score (nSPS) is 38.5. The number of hydrogen-bond donors (Lipinski definition) is 2. The molecule has 4 aliphatic rings. The first kappa shape index (κ1) is 13.6. The lowest BCUT2D eigenvalue weighted by Gasteiger charge is -2.59. The fourth-order valence-electron chi connectivity index (χ4n) is 5.55. The van der Waals surface area contributed by atoms with Crippen LogP contribution in [0.4, 0.5) is 11.8 Å². The van der Waals surface area contributed by atoms with E-state index in [2.05, 4.69) is 22.2 Å². The molecule has 0 amide bonds.